The zero-order chi connectivity index (χ0) is 13.9. The zero-order valence-corrected chi connectivity index (χ0v) is 13.8. The van der Waals surface area contributed by atoms with Gasteiger partial charge in [0.05, 0.1) is 22.6 Å². The van der Waals surface area contributed by atoms with Gasteiger partial charge in [-0.3, -0.25) is 4.98 Å². The first-order chi connectivity index (χ1) is 9.70. The minimum Gasteiger partial charge on any atom is -0.436 e. The van der Waals surface area contributed by atoms with Crippen LogP contribution in [0.15, 0.2) is 39.5 Å². The molecule has 0 spiro atoms. The quantitative estimate of drug-likeness (QED) is 0.825. The van der Waals surface area contributed by atoms with Crippen molar-refractivity contribution in [1.82, 2.24) is 15.3 Å². The van der Waals surface area contributed by atoms with E-state index in [0.29, 0.717) is 17.7 Å². The molecular weight excluding hydrogens is 386 g/mol. The van der Waals surface area contributed by atoms with Crippen LogP contribution < -0.4 is 10.1 Å². The first-order valence-corrected chi connectivity index (χ1v) is 7.96. The zero-order valence-electron chi connectivity index (χ0n) is 10.6. The summed E-state index contributed by atoms with van der Waals surface area (Å²) in [6.07, 6.45) is 5.94. The lowest BCUT2D eigenvalue weighted by molar-refractivity contribution is 0.456. The number of halogens is 2. The topological polar surface area (TPSA) is 47.0 Å². The molecule has 1 heterocycles. The van der Waals surface area contributed by atoms with E-state index < -0.39 is 0 Å². The van der Waals surface area contributed by atoms with Crippen LogP contribution in [0, 0.1) is 0 Å². The molecule has 20 heavy (non-hydrogen) atoms. The predicted octanol–water partition coefficient (Wildman–Crippen LogP) is 4.05. The van der Waals surface area contributed by atoms with Crippen LogP contribution in [0.5, 0.6) is 11.6 Å². The molecule has 0 aliphatic heterocycles. The average Bonchev–Trinajstić information content (AvgIpc) is 3.25. The van der Waals surface area contributed by atoms with Crippen molar-refractivity contribution in [2.75, 3.05) is 0 Å². The third-order valence-electron chi connectivity index (χ3n) is 2.94. The molecular formula is C14H13Br2N3O. The van der Waals surface area contributed by atoms with Crippen molar-refractivity contribution >= 4 is 31.9 Å². The number of hydrogen-bond donors (Lipinski definition) is 1. The van der Waals surface area contributed by atoms with Gasteiger partial charge in [-0.05, 0) is 47.0 Å². The normalized spacial score (nSPS) is 14.3. The Morgan fingerprint density at radius 1 is 1.20 bits per heavy atom. The van der Waals surface area contributed by atoms with Crippen molar-refractivity contribution in [2.24, 2.45) is 0 Å². The first-order valence-electron chi connectivity index (χ1n) is 6.38. The van der Waals surface area contributed by atoms with Gasteiger partial charge in [-0.25, -0.2) is 4.98 Å². The van der Waals surface area contributed by atoms with Crippen LogP contribution in [-0.2, 0) is 6.54 Å². The molecule has 4 nitrogen and oxygen atoms in total. The molecule has 6 heteroatoms. The summed E-state index contributed by atoms with van der Waals surface area (Å²) in [5.74, 6) is 1.20. The lowest BCUT2D eigenvalue weighted by Crippen LogP contribution is -2.16. The smallest absolute Gasteiger partial charge is 0.237 e. The Labute approximate surface area is 134 Å². The van der Waals surface area contributed by atoms with E-state index in [2.05, 4.69) is 47.1 Å². The summed E-state index contributed by atoms with van der Waals surface area (Å²) in [6.45, 7) is 0.764. The van der Waals surface area contributed by atoms with Crippen LogP contribution in [0.4, 0.5) is 0 Å². The van der Waals surface area contributed by atoms with Gasteiger partial charge < -0.3 is 10.1 Å². The predicted molar refractivity (Wildman–Crippen MR) is 83.8 cm³/mol. The van der Waals surface area contributed by atoms with Gasteiger partial charge in [0.15, 0.2) is 0 Å². The molecule has 0 unspecified atom stereocenters. The summed E-state index contributed by atoms with van der Waals surface area (Å²) in [6, 6.07) is 6.39. The van der Waals surface area contributed by atoms with Crippen molar-refractivity contribution in [3.05, 3.63) is 45.2 Å². The van der Waals surface area contributed by atoms with Crippen LogP contribution in [0.1, 0.15) is 18.5 Å². The van der Waals surface area contributed by atoms with E-state index in [1.165, 1.54) is 12.8 Å². The molecule has 1 saturated carbocycles. The van der Waals surface area contributed by atoms with Crippen molar-refractivity contribution in [3.8, 4) is 11.6 Å². The van der Waals surface area contributed by atoms with E-state index in [-0.39, 0.29) is 0 Å². The molecule has 2 aromatic rings. The summed E-state index contributed by atoms with van der Waals surface area (Å²) in [5, 5.41) is 3.40. The minimum atomic E-state index is 0.489. The lowest BCUT2D eigenvalue weighted by Gasteiger charge is -2.07. The molecule has 104 valence electrons. The second kappa shape index (κ2) is 6.20. The van der Waals surface area contributed by atoms with Crippen molar-refractivity contribution < 1.29 is 4.74 Å². The molecule has 1 fully saturated rings. The highest BCUT2D eigenvalue weighted by Gasteiger charge is 2.20. The summed E-state index contributed by atoms with van der Waals surface area (Å²) < 4.78 is 7.55. The van der Waals surface area contributed by atoms with E-state index in [1.807, 2.05) is 18.2 Å². The Bertz CT molecular complexity index is 600. The highest BCUT2D eigenvalue weighted by Crippen LogP contribution is 2.31. The monoisotopic (exact) mass is 397 g/mol. The summed E-state index contributed by atoms with van der Waals surface area (Å²) in [7, 11) is 0. The van der Waals surface area contributed by atoms with Gasteiger partial charge in [-0.2, -0.15) is 0 Å². The van der Waals surface area contributed by atoms with Gasteiger partial charge in [0, 0.05) is 17.1 Å². The minimum absolute atomic E-state index is 0.489. The molecule has 1 aliphatic carbocycles. The summed E-state index contributed by atoms with van der Waals surface area (Å²) >= 11 is 6.86. The molecule has 1 N–H and O–H groups in total. The molecule has 1 aromatic carbocycles. The van der Waals surface area contributed by atoms with E-state index in [9.17, 15) is 0 Å². The Morgan fingerprint density at radius 3 is 2.70 bits per heavy atom. The number of aromatic nitrogens is 2. The summed E-state index contributed by atoms with van der Waals surface area (Å²) in [5.41, 5.74) is 0.930. The summed E-state index contributed by atoms with van der Waals surface area (Å²) in [4.78, 5) is 8.63. The maximum absolute atomic E-state index is 5.70. The SMILES string of the molecule is Brc1ccc(Oc2cnc(CNC3CC3)cn2)c(Br)c1. The maximum atomic E-state index is 5.70. The number of rotatable bonds is 5. The molecule has 3 rings (SSSR count). The van der Waals surface area contributed by atoms with Crippen LogP contribution in [-0.4, -0.2) is 16.0 Å². The fourth-order valence-electron chi connectivity index (χ4n) is 1.69. The highest BCUT2D eigenvalue weighted by molar-refractivity contribution is 9.11. The van der Waals surface area contributed by atoms with E-state index in [0.717, 1.165) is 21.2 Å². The van der Waals surface area contributed by atoms with Gasteiger partial charge in [-0.1, -0.05) is 15.9 Å². The molecule has 1 aliphatic rings. The molecule has 0 bridgehead atoms. The van der Waals surface area contributed by atoms with Crippen LogP contribution in [0.3, 0.4) is 0 Å². The standard InChI is InChI=1S/C14H13Br2N3O/c15-9-1-4-13(12(16)5-9)20-14-8-18-11(7-19-14)6-17-10-2-3-10/h1,4-5,7-8,10,17H,2-3,6H2. The average molecular weight is 399 g/mol. The molecule has 0 amide bonds. The first kappa shape index (κ1) is 14.0. The molecule has 1 aromatic heterocycles. The second-order valence-electron chi connectivity index (χ2n) is 4.68. The Balaban J connectivity index is 1.64. The van der Waals surface area contributed by atoms with E-state index in [4.69, 9.17) is 4.74 Å². The third-order valence-corrected chi connectivity index (χ3v) is 4.05. The fourth-order valence-corrected chi connectivity index (χ4v) is 2.82. The van der Waals surface area contributed by atoms with E-state index >= 15 is 0 Å². The van der Waals surface area contributed by atoms with Gasteiger partial charge in [0.25, 0.3) is 0 Å². The molecule has 0 atom stereocenters. The Hall–Kier alpha value is -0.980. The van der Waals surface area contributed by atoms with E-state index in [1.54, 1.807) is 12.4 Å². The third kappa shape index (κ3) is 3.77. The van der Waals surface area contributed by atoms with Crippen molar-refractivity contribution in [3.63, 3.8) is 0 Å². The molecule has 0 radical (unpaired) electrons. The fraction of sp³-hybridized carbons (Fsp3) is 0.286. The highest BCUT2D eigenvalue weighted by atomic mass is 79.9. The van der Waals surface area contributed by atoms with Gasteiger partial charge in [0.2, 0.25) is 5.88 Å². The molecule has 0 saturated heterocycles. The van der Waals surface area contributed by atoms with Crippen molar-refractivity contribution in [1.29, 1.82) is 0 Å². The van der Waals surface area contributed by atoms with Gasteiger partial charge in [-0.15, -0.1) is 0 Å². The van der Waals surface area contributed by atoms with Crippen LogP contribution >= 0.6 is 31.9 Å². The van der Waals surface area contributed by atoms with Gasteiger partial charge >= 0.3 is 0 Å². The number of ether oxygens (including phenoxy) is 1. The number of hydrogen-bond acceptors (Lipinski definition) is 4. The second-order valence-corrected chi connectivity index (χ2v) is 6.45. The number of benzene rings is 1. The number of nitrogens with one attached hydrogen (secondary N) is 1. The van der Waals surface area contributed by atoms with Crippen LogP contribution in [0.2, 0.25) is 0 Å². The van der Waals surface area contributed by atoms with Crippen LogP contribution in [0.25, 0.3) is 0 Å². The Morgan fingerprint density at radius 2 is 2.05 bits per heavy atom. The Kier molecular flexibility index (Phi) is 4.33. The maximum Gasteiger partial charge on any atom is 0.237 e. The van der Waals surface area contributed by atoms with Crippen molar-refractivity contribution in [2.45, 2.75) is 25.4 Å². The number of nitrogens with zero attached hydrogens (tertiary/aromatic N) is 2. The van der Waals surface area contributed by atoms with Gasteiger partial charge in [0.1, 0.15) is 5.75 Å². The largest absolute Gasteiger partial charge is 0.436 e. The lowest BCUT2D eigenvalue weighted by atomic mass is 10.3.